The number of nitrogens with one attached hydrogen (secondary N) is 2. The van der Waals surface area contributed by atoms with Crippen LogP contribution in [0.2, 0.25) is 0 Å². The van der Waals surface area contributed by atoms with Crippen molar-refractivity contribution < 1.29 is 13.9 Å². The van der Waals surface area contributed by atoms with Crippen molar-refractivity contribution in [3.63, 3.8) is 0 Å². The Morgan fingerprint density at radius 2 is 2.15 bits per heavy atom. The first-order valence-electron chi connectivity index (χ1n) is 8.98. The van der Waals surface area contributed by atoms with Gasteiger partial charge in [-0.2, -0.15) is 5.10 Å². The molecule has 1 aliphatic heterocycles. The Morgan fingerprint density at radius 3 is 2.96 bits per heavy atom. The summed E-state index contributed by atoms with van der Waals surface area (Å²) in [5, 5.41) is 10.5. The summed E-state index contributed by atoms with van der Waals surface area (Å²) in [6.45, 7) is 0.614. The normalized spacial score (nSPS) is 18.3. The van der Waals surface area contributed by atoms with Gasteiger partial charge in [0.05, 0.1) is 18.3 Å². The predicted octanol–water partition coefficient (Wildman–Crippen LogP) is 2.48. The Balaban J connectivity index is 1.66. The first kappa shape index (κ1) is 16.0. The van der Waals surface area contributed by atoms with E-state index in [1.807, 2.05) is 0 Å². The number of hydrogen-bond acceptors (Lipinski definition) is 5. The highest BCUT2D eigenvalue weighted by Crippen LogP contribution is 2.47. The van der Waals surface area contributed by atoms with E-state index in [2.05, 4.69) is 20.7 Å². The molecule has 2 N–H and O–H groups in total. The van der Waals surface area contributed by atoms with Crippen LogP contribution in [0.25, 0.3) is 5.65 Å². The summed E-state index contributed by atoms with van der Waals surface area (Å²) in [4.78, 5) is 17.1. The Hall–Kier alpha value is -3.16. The third-order valence-electron chi connectivity index (χ3n) is 5.29. The highest BCUT2D eigenvalue weighted by Gasteiger charge is 2.41. The second-order valence-electron chi connectivity index (χ2n) is 6.94. The van der Waals surface area contributed by atoms with E-state index in [-0.39, 0.29) is 18.3 Å². The molecule has 8 heteroatoms. The smallest absolute Gasteiger partial charge is 0.256 e. The molecule has 2 aromatic heterocycles. The monoisotopic (exact) mass is 367 g/mol. The number of fused-ring (bicyclic) bond motifs is 3. The lowest BCUT2D eigenvalue weighted by atomic mass is 9.71. The zero-order valence-electron chi connectivity index (χ0n) is 14.5. The van der Waals surface area contributed by atoms with Gasteiger partial charge in [-0.3, -0.25) is 4.79 Å². The van der Waals surface area contributed by atoms with Gasteiger partial charge in [-0.1, -0.05) is 0 Å². The Bertz CT molecular complexity index is 1040. The average molecular weight is 367 g/mol. The van der Waals surface area contributed by atoms with Gasteiger partial charge in [0.1, 0.15) is 29.6 Å². The van der Waals surface area contributed by atoms with Gasteiger partial charge >= 0.3 is 0 Å². The molecule has 1 amide bonds. The molecule has 0 saturated heterocycles. The van der Waals surface area contributed by atoms with Gasteiger partial charge in [0, 0.05) is 11.8 Å². The van der Waals surface area contributed by atoms with Crippen molar-refractivity contribution in [3.05, 3.63) is 53.6 Å². The van der Waals surface area contributed by atoms with Crippen LogP contribution in [0.1, 0.15) is 35.2 Å². The summed E-state index contributed by atoms with van der Waals surface area (Å²) in [6.07, 6.45) is 6.00. The number of carbonyl (C=O) groups excluding carboxylic acids is 1. The van der Waals surface area contributed by atoms with E-state index < -0.39 is 5.54 Å². The van der Waals surface area contributed by atoms with Crippen LogP contribution >= 0.6 is 0 Å². The first-order chi connectivity index (χ1) is 13.1. The van der Waals surface area contributed by atoms with Crippen LogP contribution in [0.4, 0.5) is 10.2 Å². The Kier molecular flexibility index (Phi) is 3.53. The van der Waals surface area contributed by atoms with E-state index in [1.165, 1.54) is 18.3 Å². The van der Waals surface area contributed by atoms with Gasteiger partial charge in [-0.05, 0) is 43.5 Å². The first-order valence-corrected chi connectivity index (χ1v) is 8.98. The predicted molar refractivity (Wildman–Crippen MR) is 96.4 cm³/mol. The van der Waals surface area contributed by atoms with Crippen molar-refractivity contribution in [1.82, 2.24) is 19.9 Å². The number of carbonyl (C=O) groups is 1. The number of aromatic nitrogens is 3. The maximum absolute atomic E-state index is 14.0. The second-order valence-corrected chi connectivity index (χ2v) is 6.94. The Labute approximate surface area is 154 Å². The zero-order valence-corrected chi connectivity index (χ0v) is 14.5. The molecule has 1 fully saturated rings. The molecule has 138 valence electrons. The fourth-order valence-corrected chi connectivity index (χ4v) is 3.76. The van der Waals surface area contributed by atoms with E-state index in [9.17, 15) is 9.18 Å². The van der Waals surface area contributed by atoms with E-state index in [0.717, 1.165) is 24.8 Å². The molecule has 3 heterocycles. The van der Waals surface area contributed by atoms with Crippen LogP contribution in [0.5, 0.6) is 5.75 Å². The molecule has 27 heavy (non-hydrogen) atoms. The molecule has 0 radical (unpaired) electrons. The topological polar surface area (TPSA) is 80.5 Å². The SMILES string of the molecule is O=C1NCCOc2ccc(F)cc2C2(CCC2)Nc2ccn3ncc1c3n2. The van der Waals surface area contributed by atoms with Gasteiger partial charge in [0.15, 0.2) is 5.65 Å². The number of hydrogen-bond donors (Lipinski definition) is 2. The van der Waals surface area contributed by atoms with Crippen LogP contribution < -0.4 is 15.4 Å². The fourth-order valence-electron chi connectivity index (χ4n) is 3.76. The van der Waals surface area contributed by atoms with Crippen LogP contribution in [-0.4, -0.2) is 33.7 Å². The lowest BCUT2D eigenvalue weighted by Gasteiger charge is -2.44. The molecule has 1 aromatic carbocycles. The highest BCUT2D eigenvalue weighted by molar-refractivity contribution is 5.99. The number of nitrogens with zero attached hydrogens (tertiary/aromatic N) is 3. The number of anilines is 1. The molecule has 7 nitrogen and oxygen atoms in total. The quantitative estimate of drug-likeness (QED) is 0.638. The van der Waals surface area contributed by atoms with E-state index >= 15 is 0 Å². The fraction of sp³-hybridized carbons (Fsp3) is 0.316. The van der Waals surface area contributed by atoms with Crippen molar-refractivity contribution in [2.75, 3.05) is 18.5 Å². The maximum atomic E-state index is 14.0. The van der Waals surface area contributed by atoms with E-state index in [1.54, 1.807) is 22.8 Å². The molecule has 0 unspecified atom stereocenters. The number of halogens is 1. The molecular formula is C19H18FN5O2. The van der Waals surface area contributed by atoms with Crippen LogP contribution in [0, 0.1) is 5.82 Å². The lowest BCUT2D eigenvalue weighted by molar-refractivity contribution is 0.0948. The van der Waals surface area contributed by atoms with Crippen molar-refractivity contribution in [2.45, 2.75) is 24.8 Å². The summed E-state index contributed by atoms with van der Waals surface area (Å²) in [6, 6.07) is 6.38. The third kappa shape index (κ3) is 2.59. The zero-order chi connectivity index (χ0) is 18.4. The third-order valence-corrected chi connectivity index (χ3v) is 5.29. The molecule has 2 bridgehead atoms. The number of benzene rings is 1. The van der Waals surface area contributed by atoms with Crippen molar-refractivity contribution in [2.24, 2.45) is 0 Å². The van der Waals surface area contributed by atoms with Crippen molar-refractivity contribution in [3.8, 4) is 5.75 Å². The molecule has 3 aromatic rings. The standard InChI is InChI=1S/C19H18FN5O2/c20-12-2-3-15-14(10-12)19(5-1-6-19)24-16-4-8-25-17(23-16)13(11-22-25)18(26)21-7-9-27-15/h2-4,8,10-11H,1,5-7,9H2,(H,21,26)(H,23,24). The van der Waals surface area contributed by atoms with Crippen LogP contribution in [0.15, 0.2) is 36.7 Å². The summed E-state index contributed by atoms with van der Waals surface area (Å²) >= 11 is 0. The summed E-state index contributed by atoms with van der Waals surface area (Å²) in [5.41, 5.74) is 1.24. The van der Waals surface area contributed by atoms with E-state index in [4.69, 9.17) is 4.74 Å². The van der Waals surface area contributed by atoms with Crippen LogP contribution in [-0.2, 0) is 5.54 Å². The molecule has 2 aliphatic rings. The summed E-state index contributed by atoms with van der Waals surface area (Å²) < 4.78 is 21.5. The van der Waals surface area contributed by atoms with Gasteiger partial charge in [0.2, 0.25) is 0 Å². The minimum absolute atomic E-state index is 0.254. The molecule has 1 saturated carbocycles. The summed E-state index contributed by atoms with van der Waals surface area (Å²) in [5.74, 6) is 0.687. The largest absolute Gasteiger partial charge is 0.491 e. The number of rotatable bonds is 0. The molecule has 5 rings (SSSR count). The van der Waals surface area contributed by atoms with Gasteiger partial charge in [0.25, 0.3) is 5.91 Å². The molecule has 0 atom stereocenters. The Morgan fingerprint density at radius 1 is 1.26 bits per heavy atom. The molecule has 1 spiro atoms. The lowest BCUT2D eigenvalue weighted by Crippen LogP contribution is -2.42. The van der Waals surface area contributed by atoms with Crippen molar-refractivity contribution in [1.29, 1.82) is 0 Å². The average Bonchev–Trinajstić information content (AvgIpc) is 3.05. The van der Waals surface area contributed by atoms with Crippen LogP contribution in [0.3, 0.4) is 0 Å². The van der Waals surface area contributed by atoms with Gasteiger partial charge in [-0.25, -0.2) is 13.9 Å². The minimum Gasteiger partial charge on any atom is -0.491 e. The maximum Gasteiger partial charge on any atom is 0.256 e. The van der Waals surface area contributed by atoms with Crippen molar-refractivity contribution >= 4 is 17.4 Å². The highest BCUT2D eigenvalue weighted by atomic mass is 19.1. The van der Waals surface area contributed by atoms with E-state index in [0.29, 0.717) is 29.3 Å². The van der Waals surface area contributed by atoms with Gasteiger partial charge < -0.3 is 15.4 Å². The second kappa shape index (κ2) is 5.94. The molecule has 1 aliphatic carbocycles. The summed E-state index contributed by atoms with van der Waals surface area (Å²) in [7, 11) is 0. The number of ether oxygens (including phenoxy) is 1. The minimum atomic E-state index is -0.436. The number of amides is 1. The van der Waals surface area contributed by atoms with Gasteiger partial charge in [-0.15, -0.1) is 0 Å². The molecular weight excluding hydrogens is 349 g/mol.